The summed E-state index contributed by atoms with van der Waals surface area (Å²) in [5, 5.41) is 6.75. The quantitative estimate of drug-likeness (QED) is 0.645. The third-order valence-electron chi connectivity index (χ3n) is 5.37. The van der Waals surface area contributed by atoms with Crippen molar-refractivity contribution in [2.45, 2.75) is 38.0 Å². The smallest absolute Gasteiger partial charge is 0.496 e. The molecule has 9 heteroatoms. The van der Waals surface area contributed by atoms with Crippen LogP contribution in [0.25, 0.3) is 0 Å². The number of nitrogens with one attached hydrogen (secondary N) is 2. The topological polar surface area (TPSA) is 68.8 Å². The van der Waals surface area contributed by atoms with Crippen LogP contribution in [0.15, 0.2) is 48.5 Å². The molecule has 0 aromatic heterocycles. The largest absolute Gasteiger partial charge is 0.573 e. The highest BCUT2D eigenvalue weighted by atomic mass is 19.4. The van der Waals surface area contributed by atoms with Crippen LogP contribution in [0.4, 0.5) is 13.2 Å². The van der Waals surface area contributed by atoms with E-state index < -0.39 is 12.3 Å². The monoisotopic (exact) mass is 438 g/mol. The minimum absolute atomic E-state index is 0.161. The van der Waals surface area contributed by atoms with Gasteiger partial charge in [0, 0.05) is 30.2 Å². The first-order valence-corrected chi connectivity index (χ1v) is 9.78. The van der Waals surface area contributed by atoms with Gasteiger partial charge in [-0.3, -0.25) is 4.79 Å². The molecule has 4 atom stereocenters. The Morgan fingerprint density at radius 3 is 2.45 bits per heavy atom. The summed E-state index contributed by atoms with van der Waals surface area (Å²) < 4.78 is 52.2. The highest BCUT2D eigenvalue weighted by Crippen LogP contribution is 2.34. The van der Waals surface area contributed by atoms with E-state index in [1.54, 1.807) is 0 Å². The van der Waals surface area contributed by atoms with Crippen molar-refractivity contribution in [1.29, 1.82) is 0 Å². The normalized spacial score (nSPS) is 23.4. The average Bonchev–Trinajstić information content (AvgIpc) is 3.07. The lowest BCUT2D eigenvalue weighted by Gasteiger charge is -2.25. The molecule has 168 valence electrons. The third kappa shape index (κ3) is 5.48. The molecule has 0 bridgehead atoms. The Balaban J connectivity index is 1.87. The van der Waals surface area contributed by atoms with E-state index in [1.807, 2.05) is 37.3 Å². The fourth-order valence-corrected chi connectivity index (χ4v) is 4.02. The molecule has 2 N–H and O–H groups in total. The number of hydrogen-bond acceptors (Lipinski definition) is 6. The van der Waals surface area contributed by atoms with Crippen LogP contribution in [0.3, 0.4) is 0 Å². The van der Waals surface area contributed by atoms with E-state index in [9.17, 15) is 18.0 Å². The van der Waals surface area contributed by atoms with E-state index in [2.05, 4.69) is 15.4 Å². The standard InChI is InChI=1S/C22H25F3N2O4/c1-13-18(21(28)30-3)20(19(27-13)14-7-5-4-6-8-14)26-12-15-11-16(31-22(23,24)25)9-10-17(15)29-2/h4-11,13,18-20,26-27H,12H2,1-3H3/t13-,18-,19-,20-/m0/s1. The van der Waals surface area contributed by atoms with Crippen molar-refractivity contribution >= 4 is 5.97 Å². The maximum Gasteiger partial charge on any atom is 0.573 e. The highest BCUT2D eigenvalue weighted by molar-refractivity contribution is 5.75. The number of carbonyl (C=O) groups excluding carboxylic acids is 1. The first-order chi connectivity index (χ1) is 14.7. The molecule has 2 aromatic carbocycles. The van der Waals surface area contributed by atoms with E-state index >= 15 is 0 Å². The molecule has 1 fully saturated rings. The van der Waals surface area contributed by atoms with Crippen LogP contribution in [0.2, 0.25) is 0 Å². The molecule has 0 amide bonds. The molecule has 1 aliphatic rings. The molecule has 1 aliphatic heterocycles. The number of alkyl halides is 3. The van der Waals surface area contributed by atoms with Crippen LogP contribution in [0, 0.1) is 5.92 Å². The summed E-state index contributed by atoms with van der Waals surface area (Å²) in [5.74, 6) is -0.785. The van der Waals surface area contributed by atoms with E-state index in [4.69, 9.17) is 9.47 Å². The maximum absolute atomic E-state index is 12.6. The second-order valence-corrected chi connectivity index (χ2v) is 7.32. The molecule has 0 saturated carbocycles. The molecule has 1 saturated heterocycles. The second kappa shape index (κ2) is 9.57. The van der Waals surface area contributed by atoms with Gasteiger partial charge in [-0.2, -0.15) is 0 Å². The molecule has 31 heavy (non-hydrogen) atoms. The molecule has 0 spiro atoms. The highest BCUT2D eigenvalue weighted by Gasteiger charge is 2.46. The zero-order chi connectivity index (χ0) is 22.6. The number of benzene rings is 2. The summed E-state index contributed by atoms with van der Waals surface area (Å²) in [6.07, 6.45) is -4.79. The Kier molecular flexibility index (Phi) is 7.07. The number of halogens is 3. The molecule has 0 radical (unpaired) electrons. The van der Waals surface area contributed by atoms with Crippen LogP contribution in [0.5, 0.6) is 11.5 Å². The minimum Gasteiger partial charge on any atom is -0.496 e. The first-order valence-electron chi connectivity index (χ1n) is 9.78. The Labute approximate surface area is 178 Å². The van der Waals surface area contributed by atoms with Gasteiger partial charge in [0.15, 0.2) is 0 Å². The molecular weight excluding hydrogens is 413 g/mol. The zero-order valence-corrected chi connectivity index (χ0v) is 17.4. The molecule has 6 nitrogen and oxygen atoms in total. The van der Waals surface area contributed by atoms with Crippen molar-refractivity contribution in [2.75, 3.05) is 14.2 Å². The lowest BCUT2D eigenvalue weighted by molar-refractivity contribution is -0.274. The third-order valence-corrected chi connectivity index (χ3v) is 5.37. The van der Waals surface area contributed by atoms with Crippen molar-refractivity contribution in [3.8, 4) is 11.5 Å². The summed E-state index contributed by atoms with van der Waals surface area (Å²) >= 11 is 0. The van der Waals surface area contributed by atoms with Gasteiger partial charge in [-0.25, -0.2) is 0 Å². The number of methoxy groups -OCH3 is 2. The van der Waals surface area contributed by atoms with Crippen molar-refractivity contribution in [3.05, 3.63) is 59.7 Å². The average molecular weight is 438 g/mol. The molecule has 1 heterocycles. The fourth-order valence-electron chi connectivity index (χ4n) is 4.02. The summed E-state index contributed by atoms with van der Waals surface area (Å²) in [7, 11) is 2.77. The predicted molar refractivity (Wildman–Crippen MR) is 108 cm³/mol. The van der Waals surface area contributed by atoms with Crippen molar-refractivity contribution in [2.24, 2.45) is 5.92 Å². The Bertz CT molecular complexity index is 892. The van der Waals surface area contributed by atoms with Crippen LogP contribution < -0.4 is 20.1 Å². The number of esters is 1. The number of carbonyl (C=O) groups is 1. The van der Waals surface area contributed by atoms with Crippen LogP contribution in [-0.4, -0.2) is 38.6 Å². The number of hydrogen-bond donors (Lipinski definition) is 2. The molecule has 3 rings (SSSR count). The second-order valence-electron chi connectivity index (χ2n) is 7.32. The molecule has 0 aliphatic carbocycles. The molecule has 0 unspecified atom stereocenters. The van der Waals surface area contributed by atoms with Gasteiger partial charge in [0.05, 0.1) is 20.1 Å². The Morgan fingerprint density at radius 2 is 1.84 bits per heavy atom. The summed E-state index contributed by atoms with van der Waals surface area (Å²) in [4.78, 5) is 12.5. The van der Waals surface area contributed by atoms with E-state index in [-0.39, 0.29) is 36.4 Å². The summed E-state index contributed by atoms with van der Waals surface area (Å²) in [6, 6.07) is 12.8. The van der Waals surface area contributed by atoms with Gasteiger partial charge < -0.3 is 24.8 Å². The van der Waals surface area contributed by atoms with Gasteiger partial charge in [0.2, 0.25) is 0 Å². The minimum atomic E-state index is -4.79. The predicted octanol–water partition coefficient (Wildman–Crippen LogP) is 3.57. The van der Waals surface area contributed by atoms with Gasteiger partial charge in [0.1, 0.15) is 11.5 Å². The lowest BCUT2D eigenvalue weighted by atomic mass is 9.91. The van der Waals surface area contributed by atoms with E-state index in [1.165, 1.54) is 32.4 Å². The van der Waals surface area contributed by atoms with E-state index in [0.717, 1.165) is 5.56 Å². The van der Waals surface area contributed by atoms with E-state index in [0.29, 0.717) is 11.3 Å². The van der Waals surface area contributed by atoms with Crippen molar-refractivity contribution in [1.82, 2.24) is 10.6 Å². The summed E-state index contributed by atoms with van der Waals surface area (Å²) in [6.45, 7) is 2.06. The van der Waals surface area contributed by atoms with Gasteiger partial charge in [-0.1, -0.05) is 30.3 Å². The summed E-state index contributed by atoms with van der Waals surface area (Å²) in [5.41, 5.74) is 1.46. The zero-order valence-electron chi connectivity index (χ0n) is 17.4. The first kappa shape index (κ1) is 22.9. The van der Waals surface area contributed by atoms with Gasteiger partial charge >= 0.3 is 12.3 Å². The maximum atomic E-state index is 12.6. The van der Waals surface area contributed by atoms with Crippen LogP contribution in [0.1, 0.15) is 24.1 Å². The van der Waals surface area contributed by atoms with Gasteiger partial charge in [0.25, 0.3) is 0 Å². The Morgan fingerprint density at radius 1 is 1.13 bits per heavy atom. The van der Waals surface area contributed by atoms with Crippen molar-refractivity contribution in [3.63, 3.8) is 0 Å². The molecule has 2 aromatic rings. The van der Waals surface area contributed by atoms with Gasteiger partial charge in [-0.15, -0.1) is 13.2 Å². The lowest BCUT2D eigenvalue weighted by Crippen LogP contribution is -2.42. The van der Waals surface area contributed by atoms with Crippen molar-refractivity contribution < 1.29 is 32.2 Å². The molecular formula is C22H25F3N2O4. The van der Waals surface area contributed by atoms with Crippen LogP contribution in [-0.2, 0) is 16.1 Å². The van der Waals surface area contributed by atoms with Crippen LogP contribution >= 0.6 is 0 Å². The van der Waals surface area contributed by atoms with Gasteiger partial charge in [-0.05, 0) is 30.7 Å². The Hall–Kier alpha value is -2.78. The fraction of sp³-hybridized carbons (Fsp3) is 0.409. The number of rotatable bonds is 7. The SMILES string of the molecule is COC(=O)[C@@H]1[C@H](NCc2cc(OC(F)(F)F)ccc2OC)[C@H](c2ccccc2)N[C@H]1C. The number of ether oxygens (including phenoxy) is 3.